The molecule has 18 heavy (non-hydrogen) atoms. The summed E-state index contributed by atoms with van der Waals surface area (Å²) in [4.78, 5) is 23.0. The van der Waals surface area contributed by atoms with Gasteiger partial charge in [0, 0.05) is 5.70 Å². The predicted octanol–water partition coefficient (Wildman–Crippen LogP) is 1.14. The van der Waals surface area contributed by atoms with E-state index in [4.69, 9.17) is 10.5 Å². The van der Waals surface area contributed by atoms with Crippen molar-refractivity contribution in [2.75, 3.05) is 7.11 Å². The first-order valence-electron chi connectivity index (χ1n) is 5.32. The molecular formula is C13H15NO4. The van der Waals surface area contributed by atoms with Crippen LogP contribution in [0.15, 0.2) is 41.6 Å². The fraction of sp³-hybridized carbons (Fsp3) is 0.231. The van der Waals surface area contributed by atoms with Gasteiger partial charge in [-0.05, 0) is 12.5 Å². The van der Waals surface area contributed by atoms with Crippen molar-refractivity contribution in [3.63, 3.8) is 0 Å². The van der Waals surface area contributed by atoms with Crippen LogP contribution in [0.4, 0.5) is 0 Å². The first-order chi connectivity index (χ1) is 8.56. The van der Waals surface area contributed by atoms with Crippen LogP contribution in [-0.4, -0.2) is 19.0 Å². The average molecular weight is 249 g/mol. The van der Waals surface area contributed by atoms with Gasteiger partial charge in [0.05, 0.1) is 7.11 Å². The molecule has 0 aromatic heterocycles. The quantitative estimate of drug-likeness (QED) is 0.374. The summed E-state index contributed by atoms with van der Waals surface area (Å²) >= 11 is 0. The Morgan fingerprint density at radius 1 is 1.17 bits per heavy atom. The van der Waals surface area contributed by atoms with Gasteiger partial charge in [0.1, 0.15) is 6.61 Å². The molecule has 1 aromatic rings. The van der Waals surface area contributed by atoms with Gasteiger partial charge in [-0.15, -0.1) is 0 Å². The Hall–Kier alpha value is -2.30. The molecule has 5 nitrogen and oxygen atoms in total. The van der Waals surface area contributed by atoms with Crippen LogP contribution in [0.5, 0.6) is 0 Å². The Morgan fingerprint density at radius 2 is 1.78 bits per heavy atom. The molecule has 0 unspecified atom stereocenters. The van der Waals surface area contributed by atoms with Crippen molar-refractivity contribution in [1.29, 1.82) is 0 Å². The van der Waals surface area contributed by atoms with Gasteiger partial charge in [0.2, 0.25) is 0 Å². The lowest BCUT2D eigenvalue weighted by molar-refractivity contribution is -0.146. The number of methoxy groups -OCH3 is 1. The number of esters is 2. The number of allylic oxidation sites excluding steroid dienone is 1. The third-order valence-electron chi connectivity index (χ3n) is 2.20. The summed E-state index contributed by atoms with van der Waals surface area (Å²) in [6.07, 6.45) is 0. The molecule has 0 fully saturated rings. The van der Waals surface area contributed by atoms with Crippen molar-refractivity contribution in [3.05, 3.63) is 47.2 Å². The van der Waals surface area contributed by atoms with Crippen LogP contribution < -0.4 is 5.73 Å². The molecule has 0 saturated heterocycles. The van der Waals surface area contributed by atoms with E-state index in [-0.39, 0.29) is 17.9 Å². The van der Waals surface area contributed by atoms with Crippen LogP contribution in [-0.2, 0) is 25.7 Å². The summed E-state index contributed by atoms with van der Waals surface area (Å²) in [5.41, 5.74) is 6.08. The third kappa shape index (κ3) is 3.62. The van der Waals surface area contributed by atoms with Crippen molar-refractivity contribution in [2.45, 2.75) is 13.5 Å². The van der Waals surface area contributed by atoms with E-state index in [1.807, 2.05) is 30.3 Å². The molecule has 0 aliphatic rings. The maximum atomic E-state index is 11.7. The zero-order chi connectivity index (χ0) is 13.5. The molecule has 0 aliphatic heterocycles. The molecule has 0 spiro atoms. The van der Waals surface area contributed by atoms with E-state index in [2.05, 4.69) is 4.74 Å². The van der Waals surface area contributed by atoms with Crippen molar-refractivity contribution in [1.82, 2.24) is 0 Å². The molecule has 0 saturated carbocycles. The van der Waals surface area contributed by atoms with Crippen LogP contribution in [0.3, 0.4) is 0 Å². The van der Waals surface area contributed by atoms with Crippen molar-refractivity contribution in [3.8, 4) is 0 Å². The van der Waals surface area contributed by atoms with Gasteiger partial charge in [-0.1, -0.05) is 30.3 Å². The van der Waals surface area contributed by atoms with Crippen LogP contribution >= 0.6 is 0 Å². The second-order valence-corrected chi connectivity index (χ2v) is 3.61. The molecule has 5 heteroatoms. The number of nitrogens with two attached hydrogens (primary N) is 1. The average Bonchev–Trinajstić information content (AvgIpc) is 2.37. The first kappa shape index (κ1) is 13.8. The zero-order valence-electron chi connectivity index (χ0n) is 10.3. The Bertz CT molecular complexity index is 461. The van der Waals surface area contributed by atoms with Crippen molar-refractivity contribution >= 4 is 11.9 Å². The highest BCUT2D eigenvalue weighted by molar-refractivity contribution is 6.14. The zero-order valence-corrected chi connectivity index (χ0v) is 10.3. The predicted molar refractivity (Wildman–Crippen MR) is 65.1 cm³/mol. The number of carbonyl (C=O) groups excluding carboxylic acids is 2. The largest absolute Gasteiger partial charge is 0.465 e. The van der Waals surface area contributed by atoms with Gasteiger partial charge in [-0.3, -0.25) is 0 Å². The van der Waals surface area contributed by atoms with Crippen molar-refractivity contribution < 1.29 is 19.1 Å². The van der Waals surface area contributed by atoms with Crippen LogP contribution in [0.25, 0.3) is 0 Å². The highest BCUT2D eigenvalue weighted by atomic mass is 16.5. The van der Waals surface area contributed by atoms with Gasteiger partial charge >= 0.3 is 11.9 Å². The van der Waals surface area contributed by atoms with Crippen molar-refractivity contribution in [2.24, 2.45) is 5.73 Å². The molecular weight excluding hydrogens is 234 g/mol. The van der Waals surface area contributed by atoms with E-state index in [9.17, 15) is 9.59 Å². The Balaban J connectivity index is 2.70. The minimum absolute atomic E-state index is 0.0694. The second-order valence-electron chi connectivity index (χ2n) is 3.61. The van der Waals surface area contributed by atoms with Gasteiger partial charge < -0.3 is 15.2 Å². The number of ether oxygens (including phenoxy) is 2. The van der Waals surface area contributed by atoms with E-state index in [1.54, 1.807) is 0 Å². The summed E-state index contributed by atoms with van der Waals surface area (Å²) in [6.45, 7) is 1.52. The summed E-state index contributed by atoms with van der Waals surface area (Å²) in [6, 6.07) is 9.13. The highest BCUT2D eigenvalue weighted by Crippen LogP contribution is 2.08. The maximum absolute atomic E-state index is 11.7. The standard InChI is InChI=1S/C13H15NO4/c1-9(14)11(12(15)17-2)13(16)18-8-10-6-4-3-5-7-10/h3-7H,8,14H2,1-2H3. The third-order valence-corrected chi connectivity index (χ3v) is 2.20. The minimum Gasteiger partial charge on any atom is -0.465 e. The fourth-order valence-electron chi connectivity index (χ4n) is 1.30. The van der Waals surface area contributed by atoms with Gasteiger partial charge in [0.25, 0.3) is 0 Å². The fourth-order valence-corrected chi connectivity index (χ4v) is 1.30. The molecule has 1 aromatic carbocycles. The highest BCUT2D eigenvalue weighted by Gasteiger charge is 2.22. The Labute approximate surface area is 105 Å². The van der Waals surface area contributed by atoms with Gasteiger partial charge in [-0.2, -0.15) is 0 Å². The van der Waals surface area contributed by atoms with E-state index >= 15 is 0 Å². The first-order valence-corrected chi connectivity index (χ1v) is 5.32. The summed E-state index contributed by atoms with van der Waals surface area (Å²) in [5.74, 6) is -1.58. The van der Waals surface area contributed by atoms with Gasteiger partial charge in [-0.25, -0.2) is 9.59 Å². The number of rotatable bonds is 4. The normalized spacial score (nSPS) is 11.4. The molecule has 0 aliphatic carbocycles. The second kappa shape index (κ2) is 6.44. The topological polar surface area (TPSA) is 78.6 Å². The SMILES string of the molecule is COC(=O)C(C(=O)OCc1ccccc1)=C(C)N. The summed E-state index contributed by atoms with van der Waals surface area (Å²) in [5, 5.41) is 0. The molecule has 0 atom stereocenters. The van der Waals surface area contributed by atoms with E-state index in [0.29, 0.717) is 0 Å². The number of hydrogen-bond donors (Lipinski definition) is 1. The lowest BCUT2D eigenvalue weighted by Crippen LogP contribution is -2.21. The van der Waals surface area contributed by atoms with Crippen LogP contribution in [0, 0.1) is 0 Å². The summed E-state index contributed by atoms with van der Waals surface area (Å²) < 4.78 is 9.47. The van der Waals surface area contributed by atoms with E-state index < -0.39 is 11.9 Å². The van der Waals surface area contributed by atoms with Gasteiger partial charge in [0.15, 0.2) is 5.57 Å². The van der Waals surface area contributed by atoms with E-state index in [0.717, 1.165) is 5.56 Å². The number of benzene rings is 1. The molecule has 0 amide bonds. The maximum Gasteiger partial charge on any atom is 0.347 e. The Kier molecular flexibility index (Phi) is 4.92. The monoisotopic (exact) mass is 249 g/mol. The molecule has 2 N–H and O–H groups in total. The molecule has 0 bridgehead atoms. The lowest BCUT2D eigenvalue weighted by atomic mass is 10.2. The van der Waals surface area contributed by atoms with E-state index in [1.165, 1.54) is 14.0 Å². The minimum atomic E-state index is -0.798. The molecule has 1 rings (SSSR count). The number of hydrogen-bond acceptors (Lipinski definition) is 5. The molecule has 0 heterocycles. The molecule has 0 radical (unpaired) electrons. The number of carbonyl (C=O) groups is 2. The molecule has 96 valence electrons. The summed E-state index contributed by atoms with van der Waals surface area (Å²) in [7, 11) is 1.18. The lowest BCUT2D eigenvalue weighted by Gasteiger charge is -2.08. The van der Waals surface area contributed by atoms with Crippen LogP contribution in [0.2, 0.25) is 0 Å². The smallest absolute Gasteiger partial charge is 0.347 e. The van der Waals surface area contributed by atoms with Crippen LogP contribution in [0.1, 0.15) is 12.5 Å². The Morgan fingerprint density at radius 3 is 2.28 bits per heavy atom.